The third-order valence-corrected chi connectivity index (χ3v) is 3.69. The molecule has 1 fully saturated rings. The number of morpholine rings is 1. The summed E-state index contributed by atoms with van der Waals surface area (Å²) in [6.45, 7) is 4.61. The minimum Gasteiger partial charge on any atom is -0.378 e. The highest BCUT2D eigenvalue weighted by molar-refractivity contribution is 5.79. The monoisotopic (exact) mass is 246 g/mol. The summed E-state index contributed by atoms with van der Waals surface area (Å²) in [5.74, 6) is 0.221. The van der Waals surface area contributed by atoms with Crippen LogP contribution in [0.15, 0.2) is 18.2 Å². The van der Waals surface area contributed by atoms with E-state index in [9.17, 15) is 4.79 Å². The molecule has 1 saturated heterocycles. The number of nitrogens with one attached hydrogen (secondary N) is 1. The van der Waals surface area contributed by atoms with E-state index >= 15 is 0 Å². The summed E-state index contributed by atoms with van der Waals surface area (Å²) in [5, 5.41) is 3.34. The van der Waals surface area contributed by atoms with Crippen molar-refractivity contribution in [2.24, 2.45) is 0 Å². The first kappa shape index (κ1) is 11.7. The number of rotatable bonds is 2. The number of benzene rings is 1. The molecule has 0 saturated carbocycles. The molecule has 0 aromatic heterocycles. The normalized spacial score (nSPS) is 18.8. The number of carbonyl (C=O) groups is 1. The van der Waals surface area contributed by atoms with E-state index in [0.29, 0.717) is 19.6 Å². The van der Waals surface area contributed by atoms with Crippen LogP contribution in [0.25, 0.3) is 0 Å². The molecule has 1 aromatic carbocycles. The van der Waals surface area contributed by atoms with Gasteiger partial charge in [-0.15, -0.1) is 0 Å². The van der Waals surface area contributed by atoms with Gasteiger partial charge < -0.3 is 15.0 Å². The van der Waals surface area contributed by atoms with Crippen molar-refractivity contribution in [1.29, 1.82) is 0 Å². The first-order valence-corrected chi connectivity index (χ1v) is 6.50. The maximum absolute atomic E-state index is 12.2. The molecule has 1 amide bonds. The first-order valence-electron chi connectivity index (χ1n) is 6.50. The van der Waals surface area contributed by atoms with Crippen LogP contribution in [0.1, 0.15) is 16.7 Å². The number of amides is 1. The van der Waals surface area contributed by atoms with Gasteiger partial charge in [0.05, 0.1) is 19.6 Å². The van der Waals surface area contributed by atoms with Crippen molar-refractivity contribution in [3.05, 3.63) is 34.9 Å². The van der Waals surface area contributed by atoms with Crippen LogP contribution in [0.2, 0.25) is 0 Å². The van der Waals surface area contributed by atoms with Crippen LogP contribution in [0, 0.1) is 0 Å². The lowest BCUT2D eigenvalue weighted by atomic mass is 10.0. The Balaban J connectivity index is 1.72. The molecule has 1 N–H and O–H groups in total. The summed E-state index contributed by atoms with van der Waals surface area (Å²) in [7, 11) is 0. The number of nitrogens with zero attached hydrogens (tertiary/aromatic N) is 1. The predicted molar refractivity (Wildman–Crippen MR) is 68.1 cm³/mol. The van der Waals surface area contributed by atoms with E-state index in [1.807, 2.05) is 11.0 Å². The zero-order valence-corrected chi connectivity index (χ0v) is 10.4. The summed E-state index contributed by atoms with van der Waals surface area (Å²) >= 11 is 0. The van der Waals surface area contributed by atoms with Crippen molar-refractivity contribution in [1.82, 2.24) is 10.2 Å². The van der Waals surface area contributed by atoms with Gasteiger partial charge in [-0.05, 0) is 16.7 Å². The molecule has 96 valence electrons. The minimum absolute atomic E-state index is 0.221. The van der Waals surface area contributed by atoms with Crippen molar-refractivity contribution in [3.63, 3.8) is 0 Å². The maximum Gasteiger partial charge on any atom is 0.227 e. The minimum atomic E-state index is 0.221. The zero-order valence-electron chi connectivity index (χ0n) is 10.4. The standard InChI is InChI=1S/C14H18N2O2/c17-14(16-4-6-18-7-5-16)8-11-2-1-3-12-9-15-10-13(11)12/h1-3,15H,4-10H2. The predicted octanol–water partition coefficient (Wildman–Crippen LogP) is 0.691. The lowest BCUT2D eigenvalue weighted by molar-refractivity contribution is -0.134. The second-order valence-corrected chi connectivity index (χ2v) is 4.83. The molecule has 0 spiro atoms. The molecule has 2 aliphatic heterocycles. The molecular weight excluding hydrogens is 228 g/mol. The fourth-order valence-corrected chi connectivity index (χ4v) is 2.66. The van der Waals surface area contributed by atoms with Gasteiger partial charge in [-0.25, -0.2) is 0 Å². The van der Waals surface area contributed by atoms with E-state index in [2.05, 4.69) is 17.4 Å². The number of ether oxygens (including phenoxy) is 1. The fourth-order valence-electron chi connectivity index (χ4n) is 2.66. The second kappa shape index (κ2) is 5.08. The summed E-state index contributed by atoms with van der Waals surface area (Å²) in [6, 6.07) is 6.26. The quantitative estimate of drug-likeness (QED) is 0.835. The van der Waals surface area contributed by atoms with E-state index in [1.165, 1.54) is 16.7 Å². The molecule has 4 nitrogen and oxygen atoms in total. The van der Waals surface area contributed by atoms with E-state index in [-0.39, 0.29) is 5.91 Å². The molecule has 0 radical (unpaired) electrons. The Bertz CT molecular complexity index is 453. The fraction of sp³-hybridized carbons (Fsp3) is 0.500. The van der Waals surface area contributed by atoms with Gasteiger partial charge in [-0.3, -0.25) is 4.79 Å². The smallest absolute Gasteiger partial charge is 0.227 e. The van der Waals surface area contributed by atoms with Gasteiger partial charge >= 0.3 is 0 Å². The van der Waals surface area contributed by atoms with E-state index in [0.717, 1.165) is 26.2 Å². The highest BCUT2D eigenvalue weighted by atomic mass is 16.5. The van der Waals surface area contributed by atoms with Gasteiger partial charge in [0.25, 0.3) is 0 Å². The van der Waals surface area contributed by atoms with Gasteiger partial charge in [-0.2, -0.15) is 0 Å². The van der Waals surface area contributed by atoms with Crippen LogP contribution in [0.3, 0.4) is 0 Å². The number of carbonyl (C=O) groups excluding carboxylic acids is 1. The largest absolute Gasteiger partial charge is 0.378 e. The van der Waals surface area contributed by atoms with Gasteiger partial charge in [0, 0.05) is 26.2 Å². The van der Waals surface area contributed by atoms with Crippen molar-refractivity contribution < 1.29 is 9.53 Å². The average molecular weight is 246 g/mol. The van der Waals surface area contributed by atoms with E-state index in [1.54, 1.807) is 0 Å². The summed E-state index contributed by atoms with van der Waals surface area (Å²) in [6.07, 6.45) is 0.519. The Morgan fingerprint density at radius 1 is 1.28 bits per heavy atom. The molecule has 0 atom stereocenters. The van der Waals surface area contributed by atoms with Crippen LogP contribution in [-0.2, 0) is 29.0 Å². The molecule has 3 rings (SSSR count). The van der Waals surface area contributed by atoms with Gasteiger partial charge in [0.1, 0.15) is 0 Å². The zero-order chi connectivity index (χ0) is 12.4. The maximum atomic E-state index is 12.2. The van der Waals surface area contributed by atoms with Crippen molar-refractivity contribution in [2.75, 3.05) is 26.3 Å². The summed E-state index contributed by atoms with van der Waals surface area (Å²) in [5.41, 5.74) is 3.83. The molecule has 18 heavy (non-hydrogen) atoms. The molecule has 0 bridgehead atoms. The Labute approximate surface area is 107 Å². The van der Waals surface area contributed by atoms with E-state index < -0.39 is 0 Å². The first-order chi connectivity index (χ1) is 8.84. The Morgan fingerprint density at radius 2 is 2.11 bits per heavy atom. The lowest BCUT2D eigenvalue weighted by Gasteiger charge is -2.27. The number of fused-ring (bicyclic) bond motifs is 1. The van der Waals surface area contributed by atoms with Crippen LogP contribution in [0.5, 0.6) is 0 Å². The van der Waals surface area contributed by atoms with Gasteiger partial charge in [0.15, 0.2) is 0 Å². The molecule has 2 heterocycles. The van der Waals surface area contributed by atoms with Crippen molar-refractivity contribution in [2.45, 2.75) is 19.5 Å². The van der Waals surface area contributed by atoms with Crippen molar-refractivity contribution in [3.8, 4) is 0 Å². The molecule has 4 heteroatoms. The molecule has 1 aromatic rings. The lowest BCUT2D eigenvalue weighted by Crippen LogP contribution is -2.41. The topological polar surface area (TPSA) is 41.6 Å². The van der Waals surface area contributed by atoms with E-state index in [4.69, 9.17) is 4.74 Å². The Kier molecular flexibility index (Phi) is 3.30. The van der Waals surface area contributed by atoms with Crippen LogP contribution in [0.4, 0.5) is 0 Å². The third kappa shape index (κ3) is 2.26. The summed E-state index contributed by atoms with van der Waals surface area (Å²) < 4.78 is 5.27. The Morgan fingerprint density at radius 3 is 2.94 bits per heavy atom. The molecule has 0 aliphatic carbocycles. The van der Waals surface area contributed by atoms with Crippen LogP contribution in [-0.4, -0.2) is 37.1 Å². The average Bonchev–Trinajstić information content (AvgIpc) is 2.89. The van der Waals surface area contributed by atoms with Crippen LogP contribution >= 0.6 is 0 Å². The third-order valence-electron chi connectivity index (χ3n) is 3.69. The Hall–Kier alpha value is -1.39. The SMILES string of the molecule is O=C(Cc1cccc2c1CNC2)N1CCOCC1. The van der Waals surface area contributed by atoms with Gasteiger partial charge in [-0.1, -0.05) is 18.2 Å². The van der Waals surface area contributed by atoms with Gasteiger partial charge in [0.2, 0.25) is 5.91 Å². The molecule has 0 unspecified atom stereocenters. The number of hydrogen-bond acceptors (Lipinski definition) is 3. The number of hydrogen-bond donors (Lipinski definition) is 1. The van der Waals surface area contributed by atoms with Crippen LogP contribution < -0.4 is 5.32 Å². The summed E-state index contributed by atoms with van der Waals surface area (Å²) in [4.78, 5) is 14.1. The van der Waals surface area contributed by atoms with Crippen molar-refractivity contribution >= 4 is 5.91 Å². The highest BCUT2D eigenvalue weighted by Gasteiger charge is 2.20. The molecular formula is C14H18N2O2. The highest BCUT2D eigenvalue weighted by Crippen LogP contribution is 2.20. The molecule has 2 aliphatic rings. The second-order valence-electron chi connectivity index (χ2n) is 4.83.